The topological polar surface area (TPSA) is 58.0 Å². The maximum atomic E-state index is 13.3. The highest BCUT2D eigenvalue weighted by Gasteiger charge is 2.38. The van der Waals surface area contributed by atoms with Crippen molar-refractivity contribution in [3.05, 3.63) is 64.7 Å². The van der Waals surface area contributed by atoms with Crippen molar-refractivity contribution in [2.75, 3.05) is 25.6 Å². The number of anilines is 1. The van der Waals surface area contributed by atoms with Gasteiger partial charge in [0.15, 0.2) is 5.17 Å². The van der Waals surface area contributed by atoms with Crippen LogP contribution in [0, 0.1) is 0 Å². The van der Waals surface area contributed by atoms with Gasteiger partial charge in [0.05, 0.1) is 29.0 Å². The highest BCUT2D eigenvalue weighted by Crippen LogP contribution is 2.51. The molecule has 1 amide bonds. The fraction of sp³-hybridized carbons (Fsp3) is 0.174. The molecule has 0 atom stereocenters. The minimum atomic E-state index is -0.0151. The normalized spacial score (nSPS) is 19.6. The van der Waals surface area contributed by atoms with Crippen LogP contribution in [-0.2, 0) is 4.79 Å². The zero-order chi connectivity index (χ0) is 21.5. The molecule has 5 rings (SSSR count). The van der Waals surface area contributed by atoms with E-state index in [0.717, 1.165) is 38.0 Å². The molecule has 1 saturated heterocycles. The number of pyridine rings is 1. The van der Waals surface area contributed by atoms with Crippen LogP contribution in [0.4, 0.5) is 11.4 Å². The van der Waals surface area contributed by atoms with Crippen LogP contribution in [0.1, 0.15) is 6.92 Å². The number of ether oxygens (including phenoxy) is 1. The largest absolute Gasteiger partial charge is 0.497 e. The van der Waals surface area contributed by atoms with Gasteiger partial charge < -0.3 is 9.64 Å². The Morgan fingerprint density at radius 1 is 1.13 bits per heavy atom. The number of benzene rings is 2. The number of thioether (sulfide) groups is 2. The van der Waals surface area contributed by atoms with Crippen LogP contribution in [0.3, 0.4) is 0 Å². The van der Waals surface area contributed by atoms with E-state index in [0.29, 0.717) is 16.6 Å². The van der Waals surface area contributed by atoms with Gasteiger partial charge in [-0.1, -0.05) is 17.8 Å². The molecule has 0 spiro atoms. The van der Waals surface area contributed by atoms with Crippen LogP contribution in [0.2, 0.25) is 0 Å². The summed E-state index contributed by atoms with van der Waals surface area (Å²) in [6, 6.07) is 15.7. The minimum Gasteiger partial charge on any atom is -0.497 e. The Morgan fingerprint density at radius 2 is 2.00 bits per heavy atom. The van der Waals surface area contributed by atoms with Gasteiger partial charge in [-0.05, 0) is 55.1 Å². The summed E-state index contributed by atoms with van der Waals surface area (Å²) < 4.78 is 5.37. The van der Waals surface area contributed by atoms with Crippen molar-refractivity contribution in [2.24, 2.45) is 4.99 Å². The molecule has 0 radical (unpaired) electrons. The molecule has 0 bridgehead atoms. The number of nitrogens with zero attached hydrogens (tertiary/aromatic N) is 4. The second-order valence-electron chi connectivity index (χ2n) is 7.02. The maximum Gasteiger partial charge on any atom is 0.269 e. The molecule has 2 aliphatic heterocycles. The van der Waals surface area contributed by atoms with Gasteiger partial charge in [-0.15, -0.1) is 0 Å². The number of amides is 1. The molecule has 3 aromatic rings. The predicted octanol–water partition coefficient (Wildman–Crippen LogP) is 5.24. The van der Waals surface area contributed by atoms with E-state index in [4.69, 9.17) is 9.73 Å². The van der Waals surface area contributed by atoms with Gasteiger partial charge in [0.2, 0.25) is 0 Å². The zero-order valence-electron chi connectivity index (χ0n) is 17.3. The molecular formula is C23H20N4O2S2. The van der Waals surface area contributed by atoms with E-state index in [-0.39, 0.29) is 5.91 Å². The van der Waals surface area contributed by atoms with E-state index in [9.17, 15) is 4.79 Å². The molecule has 8 heteroatoms. The third-order valence-corrected chi connectivity index (χ3v) is 7.68. The summed E-state index contributed by atoms with van der Waals surface area (Å²) in [5, 5.41) is 2.57. The summed E-state index contributed by atoms with van der Waals surface area (Å²) in [5.74, 6) is 0.781. The van der Waals surface area contributed by atoms with Crippen molar-refractivity contribution in [2.45, 2.75) is 11.8 Å². The fourth-order valence-electron chi connectivity index (χ4n) is 3.64. The van der Waals surface area contributed by atoms with Gasteiger partial charge in [0.1, 0.15) is 10.7 Å². The first-order chi connectivity index (χ1) is 15.1. The van der Waals surface area contributed by atoms with E-state index in [2.05, 4.69) is 9.88 Å². The van der Waals surface area contributed by atoms with Crippen LogP contribution in [0.25, 0.3) is 10.9 Å². The highest BCUT2D eigenvalue weighted by atomic mass is 32.2. The number of amidine groups is 1. The number of fused-ring (bicyclic) bond motifs is 2. The quantitative estimate of drug-likeness (QED) is 0.511. The summed E-state index contributed by atoms with van der Waals surface area (Å²) in [4.78, 5) is 28.2. The van der Waals surface area contributed by atoms with Gasteiger partial charge in [-0.3, -0.25) is 14.7 Å². The Kier molecular flexibility index (Phi) is 5.11. The Bertz CT molecular complexity index is 1270. The van der Waals surface area contributed by atoms with Crippen LogP contribution >= 0.6 is 23.5 Å². The minimum absolute atomic E-state index is 0.0151. The number of hydrogen-bond acceptors (Lipinski definition) is 7. The Balaban J connectivity index is 1.56. The number of rotatable bonds is 3. The van der Waals surface area contributed by atoms with Crippen LogP contribution in [0.5, 0.6) is 5.75 Å². The SMILES string of the molecule is CCN1C(=O)/C(=C2/Sc3ccc(OC)cc3N2C)SC1=Nc1cccc2ncccc12. The second kappa shape index (κ2) is 7.94. The maximum absolute atomic E-state index is 13.3. The third-order valence-electron chi connectivity index (χ3n) is 5.25. The summed E-state index contributed by atoms with van der Waals surface area (Å²) in [5.41, 5.74) is 2.73. The number of aliphatic imine (C=N–C) groups is 1. The van der Waals surface area contributed by atoms with Gasteiger partial charge in [0.25, 0.3) is 5.91 Å². The van der Waals surface area contributed by atoms with Gasteiger partial charge in [0, 0.05) is 36.1 Å². The number of hydrogen-bond donors (Lipinski definition) is 0. The lowest BCUT2D eigenvalue weighted by molar-refractivity contribution is -0.122. The van der Waals surface area contributed by atoms with E-state index in [1.807, 2.05) is 62.5 Å². The van der Waals surface area contributed by atoms with Crippen LogP contribution in [0.15, 0.2) is 74.5 Å². The van der Waals surface area contributed by atoms with Crippen molar-refractivity contribution in [3.63, 3.8) is 0 Å². The average Bonchev–Trinajstić information content (AvgIpc) is 3.29. The fourth-order valence-corrected chi connectivity index (χ4v) is 6.02. The molecule has 0 unspecified atom stereocenters. The molecule has 156 valence electrons. The first-order valence-corrected chi connectivity index (χ1v) is 11.5. The molecule has 0 saturated carbocycles. The van der Waals surface area contributed by atoms with Crippen LogP contribution in [-0.4, -0.2) is 41.7 Å². The molecule has 2 aliphatic rings. The standard InChI is InChI=1S/C23H20N4O2S2/c1-4-27-21(28)20(22-26(2)18-13-14(29-3)10-11-19(18)30-22)31-23(27)25-17-9-5-8-16-15(17)7-6-12-24-16/h5-13H,4H2,1-3H3/b22-20-,25-23?. The highest BCUT2D eigenvalue weighted by molar-refractivity contribution is 8.19. The van der Waals surface area contributed by atoms with E-state index in [1.54, 1.807) is 30.0 Å². The molecule has 1 aromatic heterocycles. The van der Waals surface area contributed by atoms with Gasteiger partial charge in [-0.25, -0.2) is 4.99 Å². The van der Waals surface area contributed by atoms with E-state index < -0.39 is 0 Å². The van der Waals surface area contributed by atoms with Crippen molar-refractivity contribution in [1.29, 1.82) is 0 Å². The summed E-state index contributed by atoms with van der Waals surface area (Å²) >= 11 is 3.03. The molecule has 6 nitrogen and oxygen atoms in total. The van der Waals surface area contributed by atoms with E-state index >= 15 is 0 Å². The third kappa shape index (κ3) is 3.36. The molecule has 0 aliphatic carbocycles. The number of carbonyl (C=O) groups is 1. The summed E-state index contributed by atoms with van der Waals surface area (Å²) in [6.07, 6.45) is 1.77. The van der Waals surface area contributed by atoms with Crippen molar-refractivity contribution in [3.8, 4) is 5.75 Å². The number of methoxy groups -OCH3 is 1. The molecule has 2 aromatic carbocycles. The lowest BCUT2D eigenvalue weighted by atomic mass is 10.2. The zero-order valence-corrected chi connectivity index (χ0v) is 19.0. The summed E-state index contributed by atoms with van der Waals surface area (Å²) in [7, 11) is 3.64. The summed E-state index contributed by atoms with van der Waals surface area (Å²) in [6.45, 7) is 2.52. The lowest BCUT2D eigenvalue weighted by Gasteiger charge is -2.15. The Morgan fingerprint density at radius 3 is 2.81 bits per heavy atom. The van der Waals surface area contributed by atoms with E-state index in [1.165, 1.54) is 11.8 Å². The van der Waals surface area contributed by atoms with Crippen molar-refractivity contribution >= 4 is 56.9 Å². The van der Waals surface area contributed by atoms with Crippen molar-refractivity contribution < 1.29 is 9.53 Å². The van der Waals surface area contributed by atoms with Gasteiger partial charge >= 0.3 is 0 Å². The van der Waals surface area contributed by atoms with Gasteiger partial charge in [-0.2, -0.15) is 0 Å². The molecule has 3 heterocycles. The molecule has 1 fully saturated rings. The van der Waals surface area contributed by atoms with Crippen molar-refractivity contribution in [1.82, 2.24) is 9.88 Å². The van der Waals surface area contributed by atoms with Crippen LogP contribution < -0.4 is 9.64 Å². The molecule has 31 heavy (non-hydrogen) atoms. The average molecular weight is 449 g/mol. The molecular weight excluding hydrogens is 428 g/mol. The number of aromatic nitrogens is 1. The monoisotopic (exact) mass is 448 g/mol. The molecule has 0 N–H and O–H groups in total. The Hall–Kier alpha value is -2.97. The first kappa shape index (κ1) is 20.0. The first-order valence-electron chi connectivity index (χ1n) is 9.86. The second-order valence-corrected chi connectivity index (χ2v) is 9.03. The number of likely N-dealkylation sites (N-methyl/N-ethyl adjacent to an activating group) is 1. The Labute approximate surface area is 189 Å². The predicted molar refractivity (Wildman–Crippen MR) is 128 cm³/mol. The smallest absolute Gasteiger partial charge is 0.269 e. The number of carbonyl (C=O) groups excluding carboxylic acids is 1. The lowest BCUT2D eigenvalue weighted by Crippen LogP contribution is -2.29.